The predicted molar refractivity (Wildman–Crippen MR) is 139 cm³/mol. The fourth-order valence-corrected chi connectivity index (χ4v) is 6.80. The molecule has 8 heteroatoms. The molecule has 3 N–H and O–H groups in total. The van der Waals surface area contributed by atoms with E-state index in [4.69, 9.17) is 22.3 Å². The first-order valence-electron chi connectivity index (χ1n) is 12.0. The number of piperidine rings is 2. The molecule has 2 amide bonds. The molecule has 2 fully saturated rings. The second kappa shape index (κ2) is 9.36. The molecular weight excluding hydrogens is 468 g/mol. The zero-order valence-corrected chi connectivity index (χ0v) is 21.0. The van der Waals surface area contributed by atoms with Crippen LogP contribution in [0.3, 0.4) is 0 Å². The molecule has 6 nitrogen and oxygen atoms in total. The summed E-state index contributed by atoms with van der Waals surface area (Å²) < 4.78 is 1.04. The van der Waals surface area contributed by atoms with Gasteiger partial charge in [-0.05, 0) is 50.3 Å². The lowest BCUT2D eigenvalue weighted by Crippen LogP contribution is -2.51. The normalized spacial score (nSPS) is 23.4. The third kappa shape index (κ3) is 4.61. The molecule has 0 spiro atoms. The number of anilines is 1. The molecule has 3 aromatic rings. The number of rotatable bonds is 4. The SMILES string of the molecule is Cc1ccc(CC2(O)CCN(C(N)=O)C(c3nc4c(Cl)ccc(N5CCCCC5)c4s3)C2)cc1. The Hall–Kier alpha value is -2.35. The van der Waals surface area contributed by atoms with Gasteiger partial charge in [0.05, 0.1) is 27.1 Å². The number of hydrogen-bond donors (Lipinski definition) is 2. The van der Waals surface area contributed by atoms with Crippen LogP contribution in [0.1, 0.15) is 54.3 Å². The zero-order valence-electron chi connectivity index (χ0n) is 19.5. The maximum absolute atomic E-state index is 12.4. The number of fused-ring (bicyclic) bond motifs is 1. The summed E-state index contributed by atoms with van der Waals surface area (Å²) in [6, 6.07) is 11.4. The maximum Gasteiger partial charge on any atom is 0.315 e. The van der Waals surface area contributed by atoms with Gasteiger partial charge in [-0.25, -0.2) is 9.78 Å². The van der Waals surface area contributed by atoms with Gasteiger partial charge in [0.25, 0.3) is 0 Å². The quantitative estimate of drug-likeness (QED) is 0.502. The molecule has 2 atom stereocenters. The fraction of sp³-hybridized carbons (Fsp3) is 0.462. The number of hydrogen-bond acceptors (Lipinski definition) is 5. The van der Waals surface area contributed by atoms with Gasteiger partial charge >= 0.3 is 6.03 Å². The number of likely N-dealkylation sites (tertiary alicyclic amines) is 1. The molecular formula is C26H31ClN4O2S. The van der Waals surface area contributed by atoms with Crippen LogP contribution in [0.25, 0.3) is 10.2 Å². The first-order chi connectivity index (χ1) is 16.3. The molecule has 2 aliphatic rings. The van der Waals surface area contributed by atoms with Crippen molar-refractivity contribution in [3.63, 3.8) is 0 Å². The number of thiazole rings is 1. The minimum absolute atomic E-state index is 0.385. The predicted octanol–water partition coefficient (Wildman–Crippen LogP) is 5.44. The van der Waals surface area contributed by atoms with E-state index in [9.17, 15) is 9.90 Å². The van der Waals surface area contributed by atoms with Crippen molar-refractivity contribution < 1.29 is 9.90 Å². The number of carbonyl (C=O) groups is 1. The highest BCUT2D eigenvalue weighted by Crippen LogP contribution is 2.44. The van der Waals surface area contributed by atoms with Crippen LogP contribution in [0.5, 0.6) is 0 Å². The smallest absolute Gasteiger partial charge is 0.315 e. The highest BCUT2D eigenvalue weighted by atomic mass is 35.5. The van der Waals surface area contributed by atoms with E-state index in [0.717, 1.165) is 39.6 Å². The topological polar surface area (TPSA) is 82.7 Å². The molecule has 0 aliphatic carbocycles. The largest absolute Gasteiger partial charge is 0.389 e. The van der Waals surface area contributed by atoms with Gasteiger partial charge in [0, 0.05) is 32.5 Å². The van der Waals surface area contributed by atoms with Crippen LogP contribution in [0.15, 0.2) is 36.4 Å². The second-order valence-corrected chi connectivity index (χ2v) is 11.2. The van der Waals surface area contributed by atoms with E-state index in [0.29, 0.717) is 30.8 Å². The van der Waals surface area contributed by atoms with Crippen LogP contribution in [0, 0.1) is 6.92 Å². The summed E-state index contributed by atoms with van der Waals surface area (Å²) in [5, 5.41) is 13.0. The van der Waals surface area contributed by atoms with Gasteiger partial charge in [0.1, 0.15) is 10.5 Å². The Morgan fingerprint density at radius 3 is 2.62 bits per heavy atom. The van der Waals surface area contributed by atoms with E-state index in [1.54, 1.807) is 16.2 Å². The van der Waals surface area contributed by atoms with Gasteiger partial charge < -0.3 is 20.6 Å². The van der Waals surface area contributed by atoms with E-state index < -0.39 is 11.6 Å². The number of nitrogens with zero attached hydrogens (tertiary/aromatic N) is 3. The standard InChI is InChI=1S/C26H31ClN4O2S/c1-17-5-7-18(8-6-17)15-26(33)11-14-31(25(28)32)21(16-26)24-29-22-19(27)9-10-20(23(22)34-24)30-12-3-2-4-13-30/h5-10,21,33H,2-4,11-16H2,1H3,(H2,28,32). The van der Waals surface area contributed by atoms with Crippen LogP contribution in [0.4, 0.5) is 10.5 Å². The second-order valence-electron chi connectivity index (χ2n) is 9.73. The number of carbonyl (C=O) groups excluding carboxylic acids is 1. The first kappa shape index (κ1) is 23.4. The number of aryl methyl sites for hydroxylation is 1. The van der Waals surface area contributed by atoms with Crippen molar-refractivity contribution in [1.82, 2.24) is 9.88 Å². The van der Waals surface area contributed by atoms with Gasteiger partial charge in [-0.2, -0.15) is 0 Å². The van der Waals surface area contributed by atoms with Gasteiger partial charge in [0.2, 0.25) is 0 Å². The molecule has 34 heavy (non-hydrogen) atoms. The van der Waals surface area contributed by atoms with Crippen molar-refractivity contribution in [2.24, 2.45) is 5.73 Å². The summed E-state index contributed by atoms with van der Waals surface area (Å²) in [5.41, 5.74) is 9.02. The average molecular weight is 499 g/mol. The number of aromatic nitrogens is 1. The van der Waals surface area contributed by atoms with Crippen molar-refractivity contribution >= 4 is 44.9 Å². The van der Waals surface area contributed by atoms with Crippen molar-refractivity contribution in [1.29, 1.82) is 0 Å². The minimum atomic E-state index is -0.941. The molecule has 1 aromatic heterocycles. The molecule has 3 heterocycles. The van der Waals surface area contributed by atoms with E-state index in [-0.39, 0.29) is 6.04 Å². The van der Waals surface area contributed by atoms with Gasteiger partial charge in [-0.3, -0.25) is 0 Å². The van der Waals surface area contributed by atoms with E-state index in [1.807, 2.05) is 6.07 Å². The lowest BCUT2D eigenvalue weighted by Gasteiger charge is -2.42. The molecule has 0 bridgehead atoms. The summed E-state index contributed by atoms with van der Waals surface area (Å²) in [6.45, 7) is 4.50. The van der Waals surface area contributed by atoms with Crippen LogP contribution in [-0.2, 0) is 6.42 Å². The number of nitrogens with two attached hydrogens (primary N) is 1. The molecule has 2 saturated heterocycles. The van der Waals surface area contributed by atoms with Gasteiger partial charge in [-0.15, -0.1) is 11.3 Å². The Kier molecular flexibility index (Phi) is 6.44. The van der Waals surface area contributed by atoms with Crippen molar-refractivity contribution in [2.45, 2.75) is 57.1 Å². The van der Waals surface area contributed by atoms with Crippen LogP contribution < -0.4 is 10.6 Å². The van der Waals surface area contributed by atoms with Crippen LogP contribution in [0.2, 0.25) is 5.02 Å². The number of aliphatic hydroxyl groups is 1. The van der Waals surface area contributed by atoms with E-state index >= 15 is 0 Å². The summed E-state index contributed by atoms with van der Waals surface area (Å²) in [6.07, 6.45) is 5.02. The molecule has 2 unspecified atom stereocenters. The Labute approximate surface area is 209 Å². The van der Waals surface area contributed by atoms with Crippen molar-refractivity contribution in [2.75, 3.05) is 24.5 Å². The Bertz CT molecular complexity index is 1190. The van der Waals surface area contributed by atoms with Crippen molar-refractivity contribution in [3.8, 4) is 0 Å². The number of primary amides is 1. The molecule has 180 valence electrons. The first-order valence-corrected chi connectivity index (χ1v) is 13.2. The third-order valence-corrected chi connectivity index (χ3v) is 8.66. The van der Waals surface area contributed by atoms with Crippen LogP contribution in [-0.4, -0.2) is 46.3 Å². The Balaban J connectivity index is 1.50. The Morgan fingerprint density at radius 1 is 1.18 bits per heavy atom. The minimum Gasteiger partial charge on any atom is -0.389 e. The molecule has 2 aliphatic heterocycles. The zero-order chi connectivity index (χ0) is 23.9. The molecule has 0 saturated carbocycles. The number of amides is 2. The summed E-state index contributed by atoms with van der Waals surface area (Å²) in [4.78, 5) is 21.3. The monoisotopic (exact) mass is 498 g/mol. The summed E-state index contributed by atoms with van der Waals surface area (Å²) >= 11 is 8.14. The van der Waals surface area contributed by atoms with Gasteiger partial charge in [0.15, 0.2) is 0 Å². The number of urea groups is 1. The molecule has 0 radical (unpaired) electrons. The third-order valence-electron chi connectivity index (χ3n) is 7.18. The highest BCUT2D eigenvalue weighted by molar-refractivity contribution is 7.19. The molecule has 5 rings (SSSR count). The average Bonchev–Trinajstić information content (AvgIpc) is 3.27. The molecule has 2 aromatic carbocycles. The van der Waals surface area contributed by atoms with Crippen molar-refractivity contribution in [3.05, 3.63) is 57.6 Å². The lowest BCUT2D eigenvalue weighted by molar-refractivity contribution is -0.0341. The number of halogens is 1. The highest BCUT2D eigenvalue weighted by Gasteiger charge is 2.42. The number of benzene rings is 2. The van der Waals surface area contributed by atoms with E-state index in [1.165, 1.54) is 24.8 Å². The van der Waals surface area contributed by atoms with Crippen LogP contribution >= 0.6 is 22.9 Å². The maximum atomic E-state index is 12.4. The summed E-state index contributed by atoms with van der Waals surface area (Å²) in [5.74, 6) is 0. The Morgan fingerprint density at radius 2 is 1.91 bits per heavy atom. The lowest BCUT2D eigenvalue weighted by atomic mass is 9.81. The van der Waals surface area contributed by atoms with E-state index in [2.05, 4.69) is 42.2 Å². The van der Waals surface area contributed by atoms with Gasteiger partial charge in [-0.1, -0.05) is 41.4 Å². The fourth-order valence-electron chi connectivity index (χ4n) is 5.29. The summed E-state index contributed by atoms with van der Waals surface area (Å²) in [7, 11) is 0.